The van der Waals surface area contributed by atoms with Crippen molar-refractivity contribution in [3.8, 4) is 11.1 Å². The van der Waals surface area contributed by atoms with Gasteiger partial charge in [0.1, 0.15) is 16.5 Å². The van der Waals surface area contributed by atoms with Gasteiger partial charge in [-0.05, 0) is 5.56 Å². The first-order chi connectivity index (χ1) is 10.0. The lowest BCUT2D eigenvalue weighted by molar-refractivity contribution is 0.549. The Balaban J connectivity index is 2.27. The number of anilines is 1. The van der Waals surface area contributed by atoms with Crippen molar-refractivity contribution in [2.45, 2.75) is 26.2 Å². The number of fused-ring (bicyclic) bond motifs is 1. The Bertz CT molecular complexity index is 770. The molecule has 0 aliphatic heterocycles. The van der Waals surface area contributed by atoms with Crippen LogP contribution in [0, 0.1) is 0 Å². The summed E-state index contributed by atoms with van der Waals surface area (Å²) >= 11 is 1.68. The van der Waals surface area contributed by atoms with Crippen molar-refractivity contribution in [3.63, 3.8) is 0 Å². The Morgan fingerprint density at radius 2 is 1.76 bits per heavy atom. The second-order valence-corrected chi connectivity index (χ2v) is 6.95. The van der Waals surface area contributed by atoms with Gasteiger partial charge in [-0.15, -0.1) is 11.3 Å². The fraction of sp³-hybridized carbons (Fsp3) is 0.294. The lowest BCUT2D eigenvalue weighted by Gasteiger charge is -2.17. The topological polar surface area (TPSA) is 37.8 Å². The van der Waals surface area contributed by atoms with Gasteiger partial charge in [0.15, 0.2) is 0 Å². The molecule has 0 aliphatic rings. The Morgan fingerprint density at radius 1 is 1.05 bits per heavy atom. The third kappa shape index (κ3) is 2.51. The van der Waals surface area contributed by atoms with Crippen molar-refractivity contribution in [2.24, 2.45) is 0 Å². The maximum absolute atomic E-state index is 4.77. The van der Waals surface area contributed by atoms with Gasteiger partial charge >= 0.3 is 0 Å². The molecule has 21 heavy (non-hydrogen) atoms. The van der Waals surface area contributed by atoms with Crippen molar-refractivity contribution in [2.75, 3.05) is 12.4 Å². The van der Waals surface area contributed by atoms with Gasteiger partial charge in [0.25, 0.3) is 0 Å². The van der Waals surface area contributed by atoms with Gasteiger partial charge in [-0.2, -0.15) is 0 Å². The molecular weight excluding hydrogens is 278 g/mol. The molecule has 2 aromatic heterocycles. The average molecular weight is 297 g/mol. The van der Waals surface area contributed by atoms with Gasteiger partial charge in [0.05, 0.1) is 5.39 Å². The lowest BCUT2D eigenvalue weighted by Crippen LogP contribution is -2.16. The van der Waals surface area contributed by atoms with E-state index in [-0.39, 0.29) is 5.41 Å². The lowest BCUT2D eigenvalue weighted by atomic mass is 9.95. The summed E-state index contributed by atoms with van der Waals surface area (Å²) in [7, 11) is 1.92. The molecular formula is C17H19N3S. The molecule has 0 saturated heterocycles. The minimum Gasteiger partial charge on any atom is -0.372 e. The van der Waals surface area contributed by atoms with Crippen molar-refractivity contribution in [1.29, 1.82) is 0 Å². The van der Waals surface area contributed by atoms with Gasteiger partial charge in [0.2, 0.25) is 0 Å². The molecule has 0 atom stereocenters. The third-order valence-electron chi connectivity index (χ3n) is 3.43. The van der Waals surface area contributed by atoms with Crippen LogP contribution < -0.4 is 5.32 Å². The van der Waals surface area contributed by atoms with Crippen molar-refractivity contribution >= 4 is 27.4 Å². The average Bonchev–Trinajstić information content (AvgIpc) is 2.90. The maximum atomic E-state index is 4.77. The first-order valence-corrected chi connectivity index (χ1v) is 7.91. The van der Waals surface area contributed by atoms with Crippen LogP contribution in [0.2, 0.25) is 0 Å². The van der Waals surface area contributed by atoms with Gasteiger partial charge in [-0.1, -0.05) is 51.1 Å². The summed E-state index contributed by atoms with van der Waals surface area (Å²) in [4.78, 5) is 10.5. The minimum atomic E-state index is -0.0588. The molecule has 3 nitrogen and oxygen atoms in total. The van der Waals surface area contributed by atoms with Crippen LogP contribution >= 0.6 is 11.3 Å². The molecule has 3 rings (SSSR count). The van der Waals surface area contributed by atoms with Crippen LogP contribution in [0.3, 0.4) is 0 Å². The van der Waals surface area contributed by atoms with Crippen LogP contribution in [0.5, 0.6) is 0 Å². The summed E-state index contributed by atoms with van der Waals surface area (Å²) in [5.74, 6) is 1.78. The van der Waals surface area contributed by atoms with E-state index in [1.54, 1.807) is 11.3 Å². The predicted molar refractivity (Wildman–Crippen MR) is 91.1 cm³/mol. The van der Waals surface area contributed by atoms with Crippen LogP contribution in [0.4, 0.5) is 5.82 Å². The van der Waals surface area contributed by atoms with E-state index in [4.69, 9.17) is 9.97 Å². The van der Waals surface area contributed by atoms with Crippen LogP contribution in [-0.2, 0) is 5.41 Å². The largest absolute Gasteiger partial charge is 0.372 e. The quantitative estimate of drug-likeness (QED) is 0.745. The molecule has 0 unspecified atom stereocenters. The zero-order valence-corrected chi connectivity index (χ0v) is 13.6. The summed E-state index contributed by atoms with van der Waals surface area (Å²) in [6.07, 6.45) is 0. The van der Waals surface area contributed by atoms with E-state index in [0.29, 0.717) is 0 Å². The van der Waals surface area contributed by atoms with Crippen LogP contribution in [0.1, 0.15) is 26.6 Å². The van der Waals surface area contributed by atoms with Crippen molar-refractivity contribution < 1.29 is 0 Å². The number of benzene rings is 1. The third-order valence-corrected chi connectivity index (χ3v) is 4.30. The SMILES string of the molecule is CNc1nc(C(C)(C)C)nc2scc(-c3ccccc3)c12. The molecule has 3 aromatic rings. The molecule has 0 bridgehead atoms. The van der Waals surface area contributed by atoms with Crippen LogP contribution in [0.25, 0.3) is 21.3 Å². The zero-order valence-electron chi connectivity index (χ0n) is 12.8. The first kappa shape index (κ1) is 14.0. The molecule has 2 heterocycles. The maximum Gasteiger partial charge on any atom is 0.138 e. The molecule has 0 fully saturated rings. The van der Waals surface area contributed by atoms with E-state index in [2.05, 4.69) is 55.7 Å². The molecule has 1 aromatic carbocycles. The monoisotopic (exact) mass is 297 g/mol. The molecule has 0 aliphatic carbocycles. The van der Waals surface area contributed by atoms with Crippen molar-refractivity contribution in [1.82, 2.24) is 9.97 Å². The highest BCUT2D eigenvalue weighted by molar-refractivity contribution is 7.17. The highest BCUT2D eigenvalue weighted by atomic mass is 32.1. The van der Waals surface area contributed by atoms with Gasteiger partial charge in [-0.3, -0.25) is 0 Å². The molecule has 108 valence electrons. The predicted octanol–water partition coefficient (Wildman–Crippen LogP) is 4.70. The number of thiophene rings is 1. The van der Waals surface area contributed by atoms with Crippen molar-refractivity contribution in [3.05, 3.63) is 41.5 Å². The molecule has 0 spiro atoms. The summed E-state index contributed by atoms with van der Waals surface area (Å²) in [6, 6.07) is 10.4. The van der Waals surface area contributed by atoms with E-state index in [9.17, 15) is 0 Å². The molecule has 0 saturated carbocycles. The van der Waals surface area contributed by atoms with Crippen LogP contribution in [-0.4, -0.2) is 17.0 Å². The van der Waals surface area contributed by atoms with Crippen LogP contribution in [0.15, 0.2) is 35.7 Å². The smallest absolute Gasteiger partial charge is 0.138 e. The normalized spacial score (nSPS) is 11.8. The number of hydrogen-bond acceptors (Lipinski definition) is 4. The number of aromatic nitrogens is 2. The number of nitrogens with one attached hydrogen (secondary N) is 1. The fourth-order valence-electron chi connectivity index (χ4n) is 2.29. The Kier molecular flexibility index (Phi) is 3.41. The standard InChI is InChI=1S/C17H19N3S/c1-17(2,3)16-19-14(18-4)13-12(10-21-15(13)20-16)11-8-6-5-7-9-11/h5-10H,1-4H3,(H,18,19,20). The zero-order chi connectivity index (χ0) is 15.0. The van der Waals surface area contributed by atoms with E-state index in [0.717, 1.165) is 21.9 Å². The summed E-state index contributed by atoms with van der Waals surface area (Å²) in [5.41, 5.74) is 2.34. The Labute approximate surface area is 129 Å². The number of rotatable bonds is 2. The van der Waals surface area contributed by atoms with E-state index >= 15 is 0 Å². The van der Waals surface area contributed by atoms with Gasteiger partial charge < -0.3 is 5.32 Å². The second kappa shape index (κ2) is 5.11. The number of nitrogens with zero attached hydrogens (tertiary/aromatic N) is 2. The first-order valence-electron chi connectivity index (χ1n) is 7.03. The summed E-state index contributed by atoms with van der Waals surface area (Å²) in [5, 5.41) is 6.52. The minimum absolute atomic E-state index is 0.0588. The fourth-order valence-corrected chi connectivity index (χ4v) is 3.24. The molecule has 4 heteroatoms. The molecule has 0 amide bonds. The highest BCUT2D eigenvalue weighted by Gasteiger charge is 2.21. The van der Waals surface area contributed by atoms with Gasteiger partial charge in [-0.25, -0.2) is 9.97 Å². The summed E-state index contributed by atoms with van der Waals surface area (Å²) in [6.45, 7) is 6.41. The Morgan fingerprint density at radius 3 is 2.38 bits per heavy atom. The van der Waals surface area contributed by atoms with E-state index < -0.39 is 0 Å². The van der Waals surface area contributed by atoms with E-state index in [1.807, 2.05) is 13.1 Å². The van der Waals surface area contributed by atoms with Gasteiger partial charge in [0, 0.05) is 23.4 Å². The molecule has 1 N–H and O–H groups in total. The molecule has 0 radical (unpaired) electrons. The number of hydrogen-bond donors (Lipinski definition) is 1. The Hall–Kier alpha value is -1.94. The highest BCUT2D eigenvalue weighted by Crippen LogP contribution is 2.37. The van der Waals surface area contributed by atoms with E-state index in [1.165, 1.54) is 11.1 Å². The second-order valence-electron chi connectivity index (χ2n) is 6.09. The summed E-state index contributed by atoms with van der Waals surface area (Å²) < 4.78 is 0.